The van der Waals surface area contributed by atoms with E-state index in [4.69, 9.17) is 4.74 Å². The number of aliphatic hydroxyl groups is 1. The van der Waals surface area contributed by atoms with Crippen LogP contribution in [-0.4, -0.2) is 72.4 Å². The van der Waals surface area contributed by atoms with Crippen molar-refractivity contribution in [1.82, 2.24) is 9.80 Å². The first-order chi connectivity index (χ1) is 7.99. The highest BCUT2D eigenvalue weighted by Crippen LogP contribution is 2.03. The number of carbonyl (C=O) groups is 1. The highest BCUT2D eigenvalue weighted by atomic mass is 16.5. The topological polar surface area (TPSA) is 53.0 Å². The van der Waals surface area contributed by atoms with Crippen molar-refractivity contribution >= 4 is 5.91 Å². The summed E-state index contributed by atoms with van der Waals surface area (Å²) in [7, 11) is 0. The minimum absolute atomic E-state index is 0.133. The van der Waals surface area contributed by atoms with Gasteiger partial charge in [-0.1, -0.05) is 0 Å². The van der Waals surface area contributed by atoms with Gasteiger partial charge >= 0.3 is 0 Å². The quantitative estimate of drug-likeness (QED) is 0.736. The largest absolute Gasteiger partial charge is 0.389 e. The molecular formula is C12H24N2O3. The van der Waals surface area contributed by atoms with Crippen LogP contribution in [-0.2, 0) is 9.53 Å². The molecule has 0 radical (unpaired) electrons. The van der Waals surface area contributed by atoms with Gasteiger partial charge in [-0.2, -0.15) is 0 Å². The fourth-order valence-corrected chi connectivity index (χ4v) is 1.90. The molecule has 0 aliphatic carbocycles. The highest BCUT2D eigenvalue weighted by molar-refractivity contribution is 5.73. The lowest BCUT2D eigenvalue weighted by Gasteiger charge is -2.35. The van der Waals surface area contributed by atoms with Crippen LogP contribution in [0.3, 0.4) is 0 Å². The molecule has 0 bridgehead atoms. The highest BCUT2D eigenvalue weighted by Gasteiger charge is 2.20. The van der Waals surface area contributed by atoms with Crippen molar-refractivity contribution in [3.05, 3.63) is 0 Å². The average molecular weight is 244 g/mol. The van der Waals surface area contributed by atoms with Crippen LogP contribution in [0.2, 0.25) is 0 Å². The van der Waals surface area contributed by atoms with Gasteiger partial charge in [0.15, 0.2) is 0 Å². The van der Waals surface area contributed by atoms with Crippen molar-refractivity contribution in [1.29, 1.82) is 0 Å². The third-order valence-electron chi connectivity index (χ3n) is 2.91. The van der Waals surface area contributed by atoms with E-state index in [9.17, 15) is 9.90 Å². The van der Waals surface area contributed by atoms with E-state index in [1.54, 1.807) is 6.92 Å². The first-order valence-electron chi connectivity index (χ1n) is 6.26. The van der Waals surface area contributed by atoms with Gasteiger partial charge < -0.3 is 14.7 Å². The third kappa shape index (κ3) is 5.48. The lowest BCUT2D eigenvalue weighted by Crippen LogP contribution is -2.50. The molecule has 0 aromatic rings. The monoisotopic (exact) mass is 244 g/mol. The van der Waals surface area contributed by atoms with Gasteiger partial charge in [0.05, 0.1) is 18.8 Å². The van der Waals surface area contributed by atoms with Crippen molar-refractivity contribution in [2.45, 2.75) is 33.0 Å². The SMILES string of the molecule is CC(=O)N1CCN(CC(O)COC(C)C)CC1. The van der Waals surface area contributed by atoms with Crippen molar-refractivity contribution in [3.63, 3.8) is 0 Å². The first kappa shape index (κ1) is 14.4. The summed E-state index contributed by atoms with van der Waals surface area (Å²) in [5.74, 6) is 0.133. The number of nitrogens with zero attached hydrogens (tertiary/aromatic N) is 2. The summed E-state index contributed by atoms with van der Waals surface area (Å²) in [5.41, 5.74) is 0. The Morgan fingerprint density at radius 3 is 2.35 bits per heavy atom. The summed E-state index contributed by atoms with van der Waals surface area (Å²) in [4.78, 5) is 15.2. The van der Waals surface area contributed by atoms with E-state index in [-0.39, 0.29) is 12.0 Å². The number of aliphatic hydroxyl groups excluding tert-OH is 1. The Bertz CT molecular complexity index is 238. The van der Waals surface area contributed by atoms with Gasteiger partial charge in [-0.05, 0) is 13.8 Å². The van der Waals surface area contributed by atoms with Crippen LogP contribution in [0.25, 0.3) is 0 Å². The van der Waals surface area contributed by atoms with Gasteiger partial charge in [0.1, 0.15) is 0 Å². The van der Waals surface area contributed by atoms with Crippen LogP contribution in [0.5, 0.6) is 0 Å². The lowest BCUT2D eigenvalue weighted by atomic mass is 10.2. The predicted octanol–water partition coefficient (Wildman–Crippen LogP) is -0.0636. The molecule has 1 atom stereocenters. The van der Waals surface area contributed by atoms with Gasteiger partial charge in [0.2, 0.25) is 5.91 Å². The van der Waals surface area contributed by atoms with E-state index in [2.05, 4.69) is 4.90 Å². The number of β-amino-alcohol motifs (C(OH)–C–C–N with tert-alkyl or cyclic N) is 1. The standard InChI is InChI=1S/C12H24N2O3/c1-10(2)17-9-12(16)8-13-4-6-14(7-5-13)11(3)15/h10,12,16H,4-9H2,1-3H3. The fourth-order valence-electron chi connectivity index (χ4n) is 1.90. The summed E-state index contributed by atoms with van der Waals surface area (Å²) in [6.45, 7) is 9.69. The summed E-state index contributed by atoms with van der Waals surface area (Å²) < 4.78 is 5.36. The number of hydrogen-bond donors (Lipinski definition) is 1. The second-order valence-electron chi connectivity index (χ2n) is 4.84. The molecule has 0 saturated carbocycles. The number of carbonyl (C=O) groups excluding carboxylic acids is 1. The zero-order valence-electron chi connectivity index (χ0n) is 11.1. The molecule has 1 saturated heterocycles. The molecule has 1 unspecified atom stereocenters. The molecule has 5 heteroatoms. The minimum Gasteiger partial charge on any atom is -0.389 e. The van der Waals surface area contributed by atoms with Crippen LogP contribution in [0.15, 0.2) is 0 Å². The van der Waals surface area contributed by atoms with E-state index in [0.717, 1.165) is 26.2 Å². The minimum atomic E-state index is -0.443. The molecule has 1 aliphatic rings. The summed E-state index contributed by atoms with van der Waals surface area (Å²) in [6, 6.07) is 0. The fraction of sp³-hybridized carbons (Fsp3) is 0.917. The zero-order chi connectivity index (χ0) is 12.8. The molecule has 1 aliphatic heterocycles. The van der Waals surface area contributed by atoms with E-state index in [1.165, 1.54) is 0 Å². The van der Waals surface area contributed by atoms with E-state index < -0.39 is 6.10 Å². The van der Waals surface area contributed by atoms with Gasteiger partial charge in [-0.3, -0.25) is 9.69 Å². The van der Waals surface area contributed by atoms with E-state index in [1.807, 2.05) is 18.7 Å². The van der Waals surface area contributed by atoms with E-state index >= 15 is 0 Å². The summed E-state index contributed by atoms with van der Waals surface area (Å²) >= 11 is 0. The Balaban J connectivity index is 2.19. The number of ether oxygens (including phenoxy) is 1. The molecular weight excluding hydrogens is 220 g/mol. The second kappa shape index (κ2) is 6.93. The Kier molecular flexibility index (Phi) is 5.88. The smallest absolute Gasteiger partial charge is 0.219 e. The Morgan fingerprint density at radius 2 is 1.88 bits per heavy atom. The molecule has 1 rings (SSSR count). The predicted molar refractivity (Wildman–Crippen MR) is 65.8 cm³/mol. The molecule has 17 heavy (non-hydrogen) atoms. The maximum atomic E-state index is 11.1. The van der Waals surface area contributed by atoms with Crippen molar-refractivity contribution in [3.8, 4) is 0 Å². The summed E-state index contributed by atoms with van der Waals surface area (Å²) in [5, 5.41) is 9.78. The van der Waals surface area contributed by atoms with Crippen molar-refractivity contribution < 1.29 is 14.6 Å². The normalized spacial score (nSPS) is 19.7. The van der Waals surface area contributed by atoms with E-state index in [0.29, 0.717) is 13.2 Å². The van der Waals surface area contributed by atoms with Crippen molar-refractivity contribution in [2.24, 2.45) is 0 Å². The van der Waals surface area contributed by atoms with Crippen LogP contribution < -0.4 is 0 Å². The van der Waals surface area contributed by atoms with Crippen LogP contribution in [0.1, 0.15) is 20.8 Å². The molecule has 5 nitrogen and oxygen atoms in total. The van der Waals surface area contributed by atoms with Crippen LogP contribution in [0.4, 0.5) is 0 Å². The maximum Gasteiger partial charge on any atom is 0.219 e. The Hall–Kier alpha value is -0.650. The third-order valence-corrected chi connectivity index (χ3v) is 2.91. The lowest BCUT2D eigenvalue weighted by molar-refractivity contribution is -0.130. The first-order valence-corrected chi connectivity index (χ1v) is 6.26. The van der Waals surface area contributed by atoms with Gasteiger partial charge in [0.25, 0.3) is 0 Å². The maximum absolute atomic E-state index is 11.1. The molecule has 100 valence electrons. The Labute approximate surface area is 103 Å². The Morgan fingerprint density at radius 1 is 1.29 bits per heavy atom. The van der Waals surface area contributed by atoms with Gasteiger partial charge in [0, 0.05) is 39.6 Å². The molecule has 1 N–H and O–H groups in total. The summed E-state index contributed by atoms with van der Waals surface area (Å²) in [6.07, 6.45) is -0.291. The molecule has 0 aromatic heterocycles. The zero-order valence-corrected chi connectivity index (χ0v) is 11.1. The van der Waals surface area contributed by atoms with Crippen molar-refractivity contribution in [2.75, 3.05) is 39.3 Å². The van der Waals surface area contributed by atoms with Gasteiger partial charge in [-0.15, -0.1) is 0 Å². The number of rotatable bonds is 5. The van der Waals surface area contributed by atoms with Crippen LogP contribution in [0, 0.1) is 0 Å². The molecule has 1 amide bonds. The van der Waals surface area contributed by atoms with Gasteiger partial charge in [-0.25, -0.2) is 0 Å². The average Bonchev–Trinajstić information content (AvgIpc) is 2.27. The number of hydrogen-bond acceptors (Lipinski definition) is 4. The molecule has 0 aromatic carbocycles. The molecule has 0 spiro atoms. The second-order valence-corrected chi connectivity index (χ2v) is 4.84. The number of piperazine rings is 1. The number of amides is 1. The molecule has 1 heterocycles. The molecule has 1 fully saturated rings. The van der Waals surface area contributed by atoms with Crippen LogP contribution >= 0.6 is 0 Å².